The van der Waals surface area contributed by atoms with Crippen molar-refractivity contribution < 1.29 is 4.79 Å². The third-order valence-electron chi connectivity index (χ3n) is 4.14. The van der Waals surface area contributed by atoms with E-state index in [1.165, 1.54) is 28.6 Å². The number of H-pyrrole nitrogens is 1. The smallest absolute Gasteiger partial charge is 0.259 e. The molecular formula is C17H23N3O2S2. The van der Waals surface area contributed by atoms with Crippen LogP contribution in [0, 0.1) is 0 Å². The second kappa shape index (κ2) is 7.27. The van der Waals surface area contributed by atoms with Crippen molar-refractivity contribution in [2.45, 2.75) is 63.5 Å². The average molecular weight is 366 g/mol. The molecule has 0 aromatic carbocycles. The zero-order chi connectivity index (χ0) is 17.3. The maximum absolute atomic E-state index is 12.5. The normalized spacial score (nSPS) is 15.5. The first-order valence-electron chi connectivity index (χ1n) is 8.41. The number of nitrogens with one attached hydrogen (secondary N) is 2. The molecule has 0 unspecified atom stereocenters. The molecule has 0 aliphatic heterocycles. The summed E-state index contributed by atoms with van der Waals surface area (Å²) in [5, 5.41) is 3.51. The predicted molar refractivity (Wildman–Crippen MR) is 101 cm³/mol. The number of thiophene rings is 1. The van der Waals surface area contributed by atoms with Gasteiger partial charge in [-0.2, -0.15) is 0 Å². The number of hydrogen-bond acceptors (Lipinski definition) is 5. The molecule has 130 valence electrons. The first-order valence-corrected chi connectivity index (χ1v) is 10.3. The molecule has 2 aromatic heterocycles. The van der Waals surface area contributed by atoms with Gasteiger partial charge in [0.2, 0.25) is 5.91 Å². The van der Waals surface area contributed by atoms with Crippen LogP contribution in [0.2, 0.25) is 0 Å². The van der Waals surface area contributed by atoms with Crippen LogP contribution in [0.5, 0.6) is 0 Å². The van der Waals surface area contributed by atoms with Gasteiger partial charge in [-0.05, 0) is 52.0 Å². The van der Waals surface area contributed by atoms with E-state index in [4.69, 9.17) is 0 Å². The Morgan fingerprint density at radius 1 is 1.33 bits per heavy atom. The van der Waals surface area contributed by atoms with Crippen LogP contribution in [-0.4, -0.2) is 27.2 Å². The van der Waals surface area contributed by atoms with E-state index >= 15 is 0 Å². The Balaban J connectivity index is 1.76. The van der Waals surface area contributed by atoms with Crippen molar-refractivity contribution in [2.75, 3.05) is 0 Å². The number of fused-ring (bicyclic) bond motifs is 3. The fourth-order valence-corrected chi connectivity index (χ4v) is 5.00. The molecule has 0 radical (unpaired) electrons. The van der Waals surface area contributed by atoms with E-state index < -0.39 is 0 Å². The molecule has 1 atom stereocenters. The molecule has 2 heterocycles. The lowest BCUT2D eigenvalue weighted by Gasteiger charge is -2.13. The van der Waals surface area contributed by atoms with Crippen LogP contribution in [0.15, 0.2) is 4.79 Å². The summed E-state index contributed by atoms with van der Waals surface area (Å²) < 4.78 is 0. The van der Waals surface area contributed by atoms with Gasteiger partial charge in [-0.15, -0.1) is 23.1 Å². The van der Waals surface area contributed by atoms with Crippen LogP contribution in [-0.2, 0) is 23.4 Å². The molecule has 0 saturated carbocycles. The molecule has 1 aliphatic rings. The molecule has 0 spiro atoms. The van der Waals surface area contributed by atoms with E-state index in [1.54, 1.807) is 11.3 Å². The van der Waals surface area contributed by atoms with E-state index in [9.17, 15) is 9.59 Å². The second-order valence-electron chi connectivity index (χ2n) is 6.52. The van der Waals surface area contributed by atoms with E-state index in [0.29, 0.717) is 11.6 Å². The fourth-order valence-electron chi connectivity index (χ4n) is 2.96. The number of carbonyl (C=O) groups excluding carboxylic acids is 1. The summed E-state index contributed by atoms with van der Waals surface area (Å²) in [6, 6.07) is 0.132. The largest absolute Gasteiger partial charge is 0.353 e. The minimum absolute atomic E-state index is 0.0185. The van der Waals surface area contributed by atoms with Crippen LogP contribution < -0.4 is 10.9 Å². The fraction of sp³-hybridized carbons (Fsp3) is 0.588. The SMILES string of the molecule is CC(C)NC(=O)[C@@H](C)SCc1nc2sc3c(c2c(=O)[nH]1)CCCC3. The molecule has 2 aromatic rings. The van der Waals surface area contributed by atoms with Crippen molar-refractivity contribution in [1.29, 1.82) is 0 Å². The van der Waals surface area contributed by atoms with Crippen molar-refractivity contribution in [3.05, 3.63) is 26.6 Å². The molecule has 7 heteroatoms. The monoisotopic (exact) mass is 365 g/mol. The minimum Gasteiger partial charge on any atom is -0.353 e. The van der Waals surface area contributed by atoms with Crippen molar-refractivity contribution >= 4 is 39.2 Å². The van der Waals surface area contributed by atoms with E-state index in [-0.39, 0.29) is 22.8 Å². The van der Waals surface area contributed by atoms with Crippen LogP contribution in [0.4, 0.5) is 0 Å². The average Bonchev–Trinajstić information content (AvgIpc) is 2.90. The standard InChI is InChI=1S/C17H23N3O2S2/c1-9(2)18-15(21)10(3)23-8-13-19-16(22)14-11-6-4-5-7-12(11)24-17(14)20-13/h9-10H,4-8H2,1-3H3,(H,18,21)(H,19,20,22)/t10-/m1/s1. The van der Waals surface area contributed by atoms with Crippen molar-refractivity contribution in [2.24, 2.45) is 0 Å². The Bertz CT molecular complexity index is 810. The van der Waals surface area contributed by atoms with Gasteiger partial charge in [0.15, 0.2) is 0 Å². The number of carbonyl (C=O) groups is 1. The molecule has 0 bridgehead atoms. The number of aromatic amines is 1. The first kappa shape index (κ1) is 17.5. The molecule has 3 rings (SSSR count). The molecule has 1 amide bonds. The van der Waals surface area contributed by atoms with Gasteiger partial charge in [0.25, 0.3) is 5.56 Å². The van der Waals surface area contributed by atoms with Crippen molar-refractivity contribution in [1.82, 2.24) is 15.3 Å². The van der Waals surface area contributed by atoms with E-state index in [2.05, 4.69) is 15.3 Å². The topological polar surface area (TPSA) is 74.8 Å². The second-order valence-corrected chi connectivity index (χ2v) is 8.93. The Hall–Kier alpha value is -1.34. The zero-order valence-electron chi connectivity index (χ0n) is 14.3. The van der Waals surface area contributed by atoms with Crippen molar-refractivity contribution in [3.63, 3.8) is 0 Å². The van der Waals surface area contributed by atoms with Crippen LogP contribution in [0.1, 0.15) is 49.9 Å². The maximum atomic E-state index is 12.5. The number of rotatable bonds is 5. The Labute approximate surface area is 149 Å². The molecular weight excluding hydrogens is 342 g/mol. The Morgan fingerprint density at radius 3 is 2.83 bits per heavy atom. The zero-order valence-corrected chi connectivity index (χ0v) is 15.9. The third-order valence-corrected chi connectivity index (χ3v) is 6.48. The van der Waals surface area contributed by atoms with Gasteiger partial charge in [-0.1, -0.05) is 0 Å². The predicted octanol–water partition coefficient (Wildman–Crippen LogP) is 3.01. The van der Waals surface area contributed by atoms with Gasteiger partial charge in [-0.3, -0.25) is 9.59 Å². The van der Waals surface area contributed by atoms with E-state index in [0.717, 1.165) is 29.5 Å². The summed E-state index contributed by atoms with van der Waals surface area (Å²) in [5.41, 5.74) is 1.17. The lowest BCUT2D eigenvalue weighted by atomic mass is 9.97. The van der Waals surface area contributed by atoms with Gasteiger partial charge in [-0.25, -0.2) is 4.98 Å². The number of amides is 1. The van der Waals surface area contributed by atoms with Crippen molar-refractivity contribution in [3.8, 4) is 0 Å². The molecule has 2 N–H and O–H groups in total. The van der Waals surface area contributed by atoms with Gasteiger partial charge in [0.1, 0.15) is 10.7 Å². The number of hydrogen-bond donors (Lipinski definition) is 2. The summed E-state index contributed by atoms with van der Waals surface area (Å²) in [4.78, 5) is 34.2. The van der Waals surface area contributed by atoms with Crippen LogP contribution in [0.25, 0.3) is 10.2 Å². The lowest BCUT2D eigenvalue weighted by molar-refractivity contribution is -0.120. The summed E-state index contributed by atoms with van der Waals surface area (Å²) in [7, 11) is 0. The highest BCUT2D eigenvalue weighted by Crippen LogP contribution is 2.33. The number of aryl methyl sites for hydroxylation is 2. The summed E-state index contributed by atoms with van der Waals surface area (Å²) in [5.74, 6) is 1.20. The molecule has 1 aliphatic carbocycles. The molecule has 0 fully saturated rings. The van der Waals surface area contributed by atoms with Crippen LogP contribution in [0.3, 0.4) is 0 Å². The Kier molecular flexibility index (Phi) is 5.30. The minimum atomic E-state index is -0.176. The molecule has 24 heavy (non-hydrogen) atoms. The maximum Gasteiger partial charge on any atom is 0.259 e. The third kappa shape index (κ3) is 3.67. The highest BCUT2D eigenvalue weighted by Gasteiger charge is 2.20. The molecule has 0 saturated heterocycles. The number of aromatic nitrogens is 2. The quantitative estimate of drug-likeness (QED) is 0.854. The first-order chi connectivity index (χ1) is 11.5. The number of thioether (sulfide) groups is 1. The van der Waals surface area contributed by atoms with Crippen LogP contribution >= 0.6 is 23.1 Å². The Morgan fingerprint density at radius 2 is 2.08 bits per heavy atom. The number of nitrogens with zero attached hydrogens (tertiary/aromatic N) is 1. The summed E-state index contributed by atoms with van der Waals surface area (Å²) in [6.07, 6.45) is 4.40. The lowest BCUT2D eigenvalue weighted by Crippen LogP contribution is -2.36. The summed E-state index contributed by atoms with van der Waals surface area (Å²) >= 11 is 3.15. The van der Waals surface area contributed by atoms with E-state index in [1.807, 2.05) is 20.8 Å². The van der Waals surface area contributed by atoms with Gasteiger partial charge >= 0.3 is 0 Å². The highest BCUT2D eigenvalue weighted by molar-refractivity contribution is 7.99. The van der Waals surface area contributed by atoms with Gasteiger partial charge in [0.05, 0.1) is 16.4 Å². The summed E-state index contributed by atoms with van der Waals surface area (Å²) in [6.45, 7) is 5.77. The van der Waals surface area contributed by atoms with Gasteiger partial charge < -0.3 is 10.3 Å². The molecule has 5 nitrogen and oxygen atoms in total. The van der Waals surface area contributed by atoms with Gasteiger partial charge in [0, 0.05) is 10.9 Å². The highest BCUT2D eigenvalue weighted by atomic mass is 32.2.